The van der Waals surface area contributed by atoms with Crippen LogP contribution in [0.2, 0.25) is 0 Å². The first-order chi connectivity index (χ1) is 11.3. The fourth-order valence-corrected chi connectivity index (χ4v) is 5.06. The van der Waals surface area contributed by atoms with Crippen LogP contribution < -0.4 is 4.72 Å². The van der Waals surface area contributed by atoms with Crippen molar-refractivity contribution in [2.75, 3.05) is 37.7 Å². The summed E-state index contributed by atoms with van der Waals surface area (Å²) in [5.41, 5.74) is 0.929. The zero-order chi connectivity index (χ0) is 17.6. The van der Waals surface area contributed by atoms with Crippen LogP contribution in [-0.4, -0.2) is 65.0 Å². The van der Waals surface area contributed by atoms with Gasteiger partial charge in [-0.2, -0.15) is 4.31 Å². The normalized spacial score (nSPS) is 20.1. The molecule has 0 amide bonds. The predicted octanol–water partition coefficient (Wildman–Crippen LogP) is 0.199. The van der Waals surface area contributed by atoms with Gasteiger partial charge in [0.2, 0.25) is 20.0 Å². The van der Waals surface area contributed by atoms with E-state index in [0.717, 1.165) is 5.56 Å². The summed E-state index contributed by atoms with van der Waals surface area (Å²) >= 11 is 0. The van der Waals surface area contributed by atoms with Crippen LogP contribution in [0.4, 0.5) is 0 Å². The molecule has 1 saturated heterocycles. The van der Waals surface area contributed by atoms with Crippen LogP contribution in [0.15, 0.2) is 30.3 Å². The SMILES string of the molecule is CC1CN(S(=O)(=O)CCNS(=O)(=O)CCc2ccccc2)CCO1. The van der Waals surface area contributed by atoms with Gasteiger partial charge in [-0.05, 0) is 18.9 Å². The van der Waals surface area contributed by atoms with Crippen molar-refractivity contribution in [1.29, 1.82) is 0 Å². The van der Waals surface area contributed by atoms with Crippen molar-refractivity contribution in [3.8, 4) is 0 Å². The van der Waals surface area contributed by atoms with Crippen molar-refractivity contribution in [3.05, 3.63) is 35.9 Å². The summed E-state index contributed by atoms with van der Waals surface area (Å²) in [6.45, 7) is 2.68. The summed E-state index contributed by atoms with van der Waals surface area (Å²) in [6, 6.07) is 9.29. The Morgan fingerprint density at radius 1 is 1.17 bits per heavy atom. The highest BCUT2D eigenvalue weighted by Gasteiger charge is 2.27. The van der Waals surface area contributed by atoms with E-state index in [1.807, 2.05) is 37.3 Å². The first-order valence-electron chi connectivity index (χ1n) is 7.89. The van der Waals surface area contributed by atoms with Crippen molar-refractivity contribution in [1.82, 2.24) is 9.03 Å². The molecule has 1 aliphatic heterocycles. The fourth-order valence-electron chi connectivity index (χ4n) is 2.46. The van der Waals surface area contributed by atoms with Gasteiger partial charge in [-0.15, -0.1) is 0 Å². The molecule has 0 aliphatic carbocycles. The second kappa shape index (κ2) is 8.39. The molecule has 1 unspecified atom stereocenters. The van der Waals surface area contributed by atoms with Crippen LogP contribution in [-0.2, 0) is 31.2 Å². The third-order valence-corrected chi connectivity index (χ3v) is 7.01. The Morgan fingerprint density at radius 3 is 2.54 bits per heavy atom. The lowest BCUT2D eigenvalue weighted by Gasteiger charge is -2.30. The van der Waals surface area contributed by atoms with E-state index in [1.165, 1.54) is 4.31 Å². The largest absolute Gasteiger partial charge is 0.376 e. The quantitative estimate of drug-likeness (QED) is 0.700. The maximum absolute atomic E-state index is 12.2. The van der Waals surface area contributed by atoms with Crippen LogP contribution in [0, 0.1) is 0 Å². The summed E-state index contributed by atoms with van der Waals surface area (Å²) in [6.07, 6.45) is 0.250. The van der Waals surface area contributed by atoms with E-state index >= 15 is 0 Å². The molecular formula is C15H24N2O5S2. The molecule has 0 spiro atoms. The van der Waals surface area contributed by atoms with Gasteiger partial charge in [0.05, 0.1) is 24.2 Å². The summed E-state index contributed by atoms with van der Waals surface area (Å²) in [5, 5.41) is 0. The zero-order valence-electron chi connectivity index (χ0n) is 13.7. The predicted molar refractivity (Wildman–Crippen MR) is 92.7 cm³/mol. The topological polar surface area (TPSA) is 92.8 Å². The number of nitrogens with one attached hydrogen (secondary N) is 1. The first kappa shape index (κ1) is 19.3. The van der Waals surface area contributed by atoms with Gasteiger partial charge < -0.3 is 4.74 Å². The highest BCUT2D eigenvalue weighted by Crippen LogP contribution is 2.10. The number of morpholine rings is 1. The molecule has 1 aromatic carbocycles. The average molecular weight is 377 g/mol. The second-order valence-electron chi connectivity index (χ2n) is 5.80. The number of aryl methyl sites for hydroxylation is 1. The molecule has 1 heterocycles. The Kier molecular flexibility index (Phi) is 6.76. The standard InChI is InChI=1S/C15H24N2O5S2/c1-14-13-17(9-10-22-14)24(20,21)12-8-16-23(18,19)11-7-15-5-3-2-4-6-15/h2-6,14,16H,7-13H2,1H3. The molecule has 1 atom stereocenters. The Balaban J connectivity index is 1.79. The highest BCUT2D eigenvalue weighted by molar-refractivity contribution is 7.90. The van der Waals surface area contributed by atoms with Crippen molar-refractivity contribution in [2.24, 2.45) is 0 Å². The van der Waals surface area contributed by atoms with Crippen molar-refractivity contribution in [2.45, 2.75) is 19.4 Å². The number of hydrogen-bond donors (Lipinski definition) is 1. The van der Waals surface area contributed by atoms with Gasteiger partial charge in [-0.25, -0.2) is 21.6 Å². The zero-order valence-corrected chi connectivity index (χ0v) is 15.4. The van der Waals surface area contributed by atoms with Gasteiger partial charge in [0, 0.05) is 19.6 Å². The molecule has 0 radical (unpaired) electrons. The number of ether oxygens (including phenoxy) is 1. The van der Waals surface area contributed by atoms with E-state index in [9.17, 15) is 16.8 Å². The van der Waals surface area contributed by atoms with Gasteiger partial charge in [0.15, 0.2) is 0 Å². The van der Waals surface area contributed by atoms with Crippen molar-refractivity contribution < 1.29 is 21.6 Å². The maximum atomic E-state index is 12.2. The molecule has 24 heavy (non-hydrogen) atoms. The highest BCUT2D eigenvalue weighted by atomic mass is 32.2. The Hall–Kier alpha value is -1.00. The van der Waals surface area contributed by atoms with Crippen LogP contribution in [0.1, 0.15) is 12.5 Å². The summed E-state index contributed by atoms with van der Waals surface area (Å²) < 4.78 is 57.5. The molecular weight excluding hydrogens is 352 g/mol. The van der Waals surface area contributed by atoms with Gasteiger partial charge in [-0.1, -0.05) is 30.3 Å². The first-order valence-corrected chi connectivity index (χ1v) is 11.2. The molecule has 136 valence electrons. The molecule has 2 rings (SSSR count). The Labute approximate surface area is 144 Å². The van der Waals surface area contributed by atoms with Gasteiger partial charge in [0.1, 0.15) is 0 Å². The maximum Gasteiger partial charge on any atom is 0.215 e. The molecule has 9 heteroatoms. The Bertz CT molecular complexity index is 719. The van der Waals surface area contributed by atoms with Gasteiger partial charge in [0.25, 0.3) is 0 Å². The Morgan fingerprint density at radius 2 is 1.88 bits per heavy atom. The molecule has 1 aromatic rings. The third-order valence-electron chi connectivity index (χ3n) is 3.78. The lowest BCUT2D eigenvalue weighted by molar-refractivity contribution is 0.0102. The van der Waals surface area contributed by atoms with Crippen LogP contribution in [0.25, 0.3) is 0 Å². The summed E-state index contributed by atoms with van der Waals surface area (Å²) in [7, 11) is -6.98. The van der Waals surface area contributed by atoms with E-state index in [0.29, 0.717) is 26.1 Å². The lowest BCUT2D eigenvalue weighted by Crippen LogP contribution is -2.46. The van der Waals surface area contributed by atoms with E-state index in [4.69, 9.17) is 4.74 Å². The molecule has 1 aliphatic rings. The number of hydrogen-bond acceptors (Lipinski definition) is 5. The number of benzene rings is 1. The van der Waals surface area contributed by atoms with Crippen LogP contribution in [0.5, 0.6) is 0 Å². The van der Waals surface area contributed by atoms with E-state index < -0.39 is 20.0 Å². The van der Waals surface area contributed by atoms with Gasteiger partial charge in [-0.3, -0.25) is 0 Å². The third kappa shape index (κ3) is 6.14. The smallest absolute Gasteiger partial charge is 0.215 e. The van der Waals surface area contributed by atoms with Crippen molar-refractivity contribution in [3.63, 3.8) is 0 Å². The minimum absolute atomic E-state index is 0.0638. The monoisotopic (exact) mass is 376 g/mol. The van der Waals surface area contributed by atoms with Crippen LogP contribution >= 0.6 is 0 Å². The number of rotatable bonds is 8. The minimum Gasteiger partial charge on any atom is -0.376 e. The molecule has 1 fully saturated rings. The average Bonchev–Trinajstić information content (AvgIpc) is 2.54. The molecule has 0 aromatic heterocycles. The number of sulfonamides is 2. The summed E-state index contributed by atoms with van der Waals surface area (Å²) in [4.78, 5) is 0. The van der Waals surface area contributed by atoms with E-state index in [1.54, 1.807) is 0 Å². The second-order valence-corrected chi connectivity index (χ2v) is 9.82. The van der Waals surface area contributed by atoms with E-state index in [-0.39, 0.29) is 24.2 Å². The van der Waals surface area contributed by atoms with Gasteiger partial charge >= 0.3 is 0 Å². The summed E-state index contributed by atoms with van der Waals surface area (Å²) in [5.74, 6) is -0.310. The fraction of sp³-hybridized carbons (Fsp3) is 0.600. The number of nitrogens with zero attached hydrogens (tertiary/aromatic N) is 1. The van der Waals surface area contributed by atoms with E-state index in [2.05, 4.69) is 4.72 Å². The van der Waals surface area contributed by atoms with Crippen LogP contribution in [0.3, 0.4) is 0 Å². The van der Waals surface area contributed by atoms with Crippen molar-refractivity contribution >= 4 is 20.0 Å². The molecule has 0 bridgehead atoms. The molecule has 1 N–H and O–H groups in total. The molecule has 0 saturated carbocycles. The minimum atomic E-state index is -3.50. The lowest BCUT2D eigenvalue weighted by atomic mass is 10.2. The molecule has 7 nitrogen and oxygen atoms in total.